The summed E-state index contributed by atoms with van der Waals surface area (Å²) >= 11 is 0. The molecule has 0 aliphatic rings. The monoisotopic (exact) mass is 211 g/mol. The lowest BCUT2D eigenvalue weighted by Crippen LogP contribution is -2.30. The summed E-state index contributed by atoms with van der Waals surface area (Å²) in [5, 5.41) is 15.9. The molecule has 1 aromatic heterocycles. The maximum atomic E-state index is 10.4. The first kappa shape index (κ1) is 11.7. The van der Waals surface area contributed by atoms with E-state index >= 15 is 0 Å². The zero-order valence-corrected chi connectivity index (χ0v) is 9.10. The molecule has 1 atom stereocenters. The number of rotatable bonds is 6. The van der Waals surface area contributed by atoms with Crippen LogP contribution in [0.1, 0.15) is 19.0 Å². The molecule has 1 unspecified atom stereocenters. The Bertz CT molecular complexity index is 322. The van der Waals surface area contributed by atoms with E-state index in [0.717, 1.165) is 18.7 Å². The second-order valence-corrected chi connectivity index (χ2v) is 3.68. The lowest BCUT2D eigenvalue weighted by Gasteiger charge is -2.09. The number of nitrogens with one attached hydrogen (secondary N) is 1. The number of aryl methyl sites for hydroxylation is 1. The molecule has 0 saturated carbocycles. The molecular weight excluding hydrogens is 194 g/mol. The molecule has 0 amide bonds. The standard InChI is InChI=1S/C10H17N3O2/c1-8(7-10(14)15)11-5-3-9-4-6-13(2)12-9/h4,6,8,11H,3,5,7H2,1-2H3,(H,14,15). The lowest BCUT2D eigenvalue weighted by atomic mass is 10.2. The Morgan fingerprint density at radius 3 is 3.00 bits per heavy atom. The van der Waals surface area contributed by atoms with Gasteiger partial charge in [0.2, 0.25) is 0 Å². The van der Waals surface area contributed by atoms with Crippen LogP contribution in [0.5, 0.6) is 0 Å². The van der Waals surface area contributed by atoms with Crippen LogP contribution in [-0.2, 0) is 18.3 Å². The minimum Gasteiger partial charge on any atom is -0.481 e. The van der Waals surface area contributed by atoms with Gasteiger partial charge in [-0.1, -0.05) is 0 Å². The topological polar surface area (TPSA) is 67.2 Å². The Labute approximate surface area is 89.1 Å². The molecule has 0 radical (unpaired) electrons. The van der Waals surface area contributed by atoms with Crippen molar-refractivity contribution in [1.82, 2.24) is 15.1 Å². The molecule has 15 heavy (non-hydrogen) atoms. The van der Waals surface area contributed by atoms with Crippen LogP contribution >= 0.6 is 0 Å². The Morgan fingerprint density at radius 2 is 2.47 bits per heavy atom. The third-order valence-electron chi connectivity index (χ3n) is 2.12. The van der Waals surface area contributed by atoms with Crippen LogP contribution in [0.4, 0.5) is 0 Å². The first-order valence-corrected chi connectivity index (χ1v) is 5.01. The summed E-state index contributed by atoms with van der Waals surface area (Å²) < 4.78 is 1.76. The highest BCUT2D eigenvalue weighted by atomic mass is 16.4. The fourth-order valence-electron chi connectivity index (χ4n) is 1.38. The minimum absolute atomic E-state index is 0.00575. The summed E-state index contributed by atoms with van der Waals surface area (Å²) in [5.74, 6) is -0.771. The van der Waals surface area contributed by atoms with E-state index in [1.165, 1.54) is 0 Å². The molecule has 5 nitrogen and oxygen atoms in total. The van der Waals surface area contributed by atoms with Crippen LogP contribution in [-0.4, -0.2) is 33.4 Å². The summed E-state index contributed by atoms with van der Waals surface area (Å²) in [5.41, 5.74) is 1.02. The van der Waals surface area contributed by atoms with Crippen molar-refractivity contribution in [2.75, 3.05) is 6.54 Å². The number of hydrogen-bond acceptors (Lipinski definition) is 3. The molecule has 5 heteroatoms. The van der Waals surface area contributed by atoms with Crippen molar-refractivity contribution in [1.29, 1.82) is 0 Å². The second-order valence-electron chi connectivity index (χ2n) is 3.68. The maximum Gasteiger partial charge on any atom is 0.304 e. The number of carbonyl (C=O) groups is 1. The fraction of sp³-hybridized carbons (Fsp3) is 0.600. The van der Waals surface area contributed by atoms with Crippen molar-refractivity contribution < 1.29 is 9.90 Å². The molecule has 0 aromatic carbocycles. The van der Waals surface area contributed by atoms with Crippen molar-refractivity contribution in [2.24, 2.45) is 7.05 Å². The summed E-state index contributed by atoms with van der Waals surface area (Å²) in [6.07, 6.45) is 2.88. The van der Waals surface area contributed by atoms with Gasteiger partial charge < -0.3 is 10.4 Å². The Balaban J connectivity index is 2.18. The molecule has 1 heterocycles. The van der Waals surface area contributed by atoms with Gasteiger partial charge in [0.1, 0.15) is 0 Å². The van der Waals surface area contributed by atoms with Gasteiger partial charge in [-0.2, -0.15) is 5.10 Å². The van der Waals surface area contributed by atoms with Gasteiger partial charge in [0.15, 0.2) is 0 Å². The van der Waals surface area contributed by atoms with E-state index < -0.39 is 5.97 Å². The van der Waals surface area contributed by atoms with Gasteiger partial charge in [0, 0.05) is 32.3 Å². The van der Waals surface area contributed by atoms with Gasteiger partial charge in [0.25, 0.3) is 0 Å². The number of aliphatic carboxylic acids is 1. The fourth-order valence-corrected chi connectivity index (χ4v) is 1.38. The summed E-state index contributed by atoms with van der Waals surface area (Å²) in [6.45, 7) is 2.62. The van der Waals surface area contributed by atoms with Gasteiger partial charge in [-0.3, -0.25) is 9.48 Å². The SMILES string of the molecule is CC(CC(=O)O)NCCc1ccn(C)n1. The number of nitrogens with zero attached hydrogens (tertiary/aromatic N) is 2. The maximum absolute atomic E-state index is 10.4. The van der Waals surface area contributed by atoms with Gasteiger partial charge in [-0.05, 0) is 13.0 Å². The van der Waals surface area contributed by atoms with E-state index in [1.54, 1.807) is 4.68 Å². The van der Waals surface area contributed by atoms with E-state index in [4.69, 9.17) is 5.11 Å². The molecule has 0 aliphatic carbocycles. The second kappa shape index (κ2) is 5.50. The highest BCUT2D eigenvalue weighted by molar-refractivity contribution is 5.67. The lowest BCUT2D eigenvalue weighted by molar-refractivity contribution is -0.137. The molecule has 84 valence electrons. The smallest absolute Gasteiger partial charge is 0.304 e. The van der Waals surface area contributed by atoms with Crippen molar-refractivity contribution >= 4 is 5.97 Å². The van der Waals surface area contributed by atoms with Crippen LogP contribution in [0.2, 0.25) is 0 Å². The quantitative estimate of drug-likeness (QED) is 0.715. The number of carboxylic acids is 1. The predicted octanol–water partition coefficient (Wildman–Crippen LogP) is 0.415. The Kier molecular flexibility index (Phi) is 4.30. The first-order chi connectivity index (χ1) is 7.08. The summed E-state index contributed by atoms with van der Waals surface area (Å²) in [4.78, 5) is 10.4. The highest BCUT2D eigenvalue weighted by Gasteiger charge is 2.06. The van der Waals surface area contributed by atoms with Crippen molar-refractivity contribution in [3.8, 4) is 0 Å². The minimum atomic E-state index is -0.771. The number of carboxylic acid groups (broad SMARTS) is 1. The zero-order valence-electron chi connectivity index (χ0n) is 9.10. The molecular formula is C10H17N3O2. The molecule has 1 rings (SSSR count). The zero-order chi connectivity index (χ0) is 11.3. The van der Waals surface area contributed by atoms with E-state index in [9.17, 15) is 4.79 Å². The Hall–Kier alpha value is -1.36. The number of aromatic nitrogens is 2. The molecule has 2 N–H and O–H groups in total. The van der Waals surface area contributed by atoms with Crippen LogP contribution in [0.25, 0.3) is 0 Å². The predicted molar refractivity (Wildman–Crippen MR) is 56.6 cm³/mol. The van der Waals surface area contributed by atoms with Gasteiger partial charge in [-0.25, -0.2) is 0 Å². The third kappa shape index (κ3) is 4.60. The van der Waals surface area contributed by atoms with Crippen molar-refractivity contribution in [3.05, 3.63) is 18.0 Å². The van der Waals surface area contributed by atoms with Crippen LogP contribution < -0.4 is 5.32 Å². The highest BCUT2D eigenvalue weighted by Crippen LogP contribution is 1.95. The number of hydrogen-bond donors (Lipinski definition) is 2. The summed E-state index contributed by atoms with van der Waals surface area (Å²) in [7, 11) is 1.88. The van der Waals surface area contributed by atoms with E-state index in [0.29, 0.717) is 0 Å². The van der Waals surface area contributed by atoms with Crippen LogP contribution in [0, 0.1) is 0 Å². The molecule has 0 bridgehead atoms. The first-order valence-electron chi connectivity index (χ1n) is 5.01. The van der Waals surface area contributed by atoms with Crippen LogP contribution in [0.15, 0.2) is 12.3 Å². The van der Waals surface area contributed by atoms with Gasteiger partial charge >= 0.3 is 5.97 Å². The molecule has 0 spiro atoms. The average molecular weight is 211 g/mol. The molecule has 0 saturated heterocycles. The van der Waals surface area contributed by atoms with Crippen molar-refractivity contribution in [2.45, 2.75) is 25.8 Å². The van der Waals surface area contributed by atoms with E-state index in [1.807, 2.05) is 26.2 Å². The van der Waals surface area contributed by atoms with E-state index in [-0.39, 0.29) is 12.5 Å². The largest absolute Gasteiger partial charge is 0.481 e. The van der Waals surface area contributed by atoms with Crippen molar-refractivity contribution in [3.63, 3.8) is 0 Å². The van der Waals surface area contributed by atoms with E-state index in [2.05, 4.69) is 10.4 Å². The van der Waals surface area contributed by atoms with Gasteiger partial charge in [0.05, 0.1) is 12.1 Å². The normalized spacial score (nSPS) is 12.7. The molecule has 1 aromatic rings. The van der Waals surface area contributed by atoms with Gasteiger partial charge in [-0.15, -0.1) is 0 Å². The third-order valence-corrected chi connectivity index (χ3v) is 2.12. The van der Waals surface area contributed by atoms with Crippen LogP contribution in [0.3, 0.4) is 0 Å². The Morgan fingerprint density at radius 1 is 1.73 bits per heavy atom. The molecule has 0 fully saturated rings. The molecule has 0 aliphatic heterocycles. The summed E-state index contributed by atoms with van der Waals surface area (Å²) in [6, 6.07) is 1.97. The average Bonchev–Trinajstić information content (AvgIpc) is 2.50.